The van der Waals surface area contributed by atoms with Crippen LogP contribution in [0.15, 0.2) is 334 Å². The Balaban J connectivity index is 0.000000290. The number of ketones is 10. The number of carbonyl (C=O) groups excluding carboxylic acids is 13. The first-order valence-corrected chi connectivity index (χ1v) is 50.4. The molecule has 0 saturated heterocycles. The zero-order valence-electron chi connectivity index (χ0n) is 86.3. The van der Waals surface area contributed by atoms with Crippen LogP contribution in [-0.2, 0) is 50.3 Å². The van der Waals surface area contributed by atoms with Crippen LogP contribution in [0.2, 0.25) is 0 Å². The predicted octanol–water partition coefficient (Wildman–Crippen LogP) is 23.8. The summed E-state index contributed by atoms with van der Waals surface area (Å²) in [5.74, 6) is 2.43. The molecule has 0 aromatic heterocycles. The highest BCUT2D eigenvalue weighted by atomic mass is 32.2. The summed E-state index contributed by atoms with van der Waals surface area (Å²) in [6.45, 7) is 25.4. The van der Waals surface area contributed by atoms with E-state index >= 15 is 0 Å². The van der Waals surface area contributed by atoms with Crippen LogP contribution in [-0.4, -0.2) is 159 Å². The molecule has 0 aliphatic rings. The number of fused-ring (bicyclic) bond motifs is 2. The van der Waals surface area contributed by atoms with Gasteiger partial charge in [-0.3, -0.25) is 67.0 Å². The lowest BCUT2D eigenvalue weighted by Crippen LogP contribution is -2.10. The molecule has 0 saturated carbocycles. The molecule has 0 heterocycles. The molecule has 0 spiro atoms. The van der Waals surface area contributed by atoms with Crippen molar-refractivity contribution >= 4 is 129 Å². The summed E-state index contributed by atoms with van der Waals surface area (Å²) in [7, 11) is -3.26. The number of sulfonamides is 2. The molecule has 14 rings (SSSR count). The van der Waals surface area contributed by atoms with Crippen LogP contribution in [0, 0.1) is 0 Å². The van der Waals surface area contributed by atoms with Crippen molar-refractivity contribution in [3.63, 3.8) is 0 Å². The number of carbonyl (C=O) groups is 13. The molecule has 0 unspecified atom stereocenters. The van der Waals surface area contributed by atoms with Gasteiger partial charge in [0.1, 0.15) is 42.0 Å². The smallest absolute Gasteiger partial charge is 0.343 e. The number of nitrogens with one attached hydrogen (secondary N) is 2. The number of esters is 3. The maximum atomic E-state index is 11.9. The van der Waals surface area contributed by atoms with Crippen molar-refractivity contribution in [2.45, 2.75) is 109 Å². The molecule has 14 aromatic rings. The highest BCUT2D eigenvalue weighted by Gasteiger charge is 2.15. The van der Waals surface area contributed by atoms with Crippen molar-refractivity contribution in [1.82, 2.24) is 0 Å². The van der Waals surface area contributed by atoms with Gasteiger partial charge in [-0.25, -0.2) is 21.6 Å². The molecule has 2 N–H and O–H groups in total. The first-order valence-electron chi connectivity index (χ1n) is 46.6. The van der Waals surface area contributed by atoms with Crippen molar-refractivity contribution in [3.05, 3.63) is 412 Å². The summed E-state index contributed by atoms with van der Waals surface area (Å²) in [5, 5.41) is 4.32. The summed E-state index contributed by atoms with van der Waals surface area (Å²) in [5.41, 5.74) is 11.7. The van der Waals surface area contributed by atoms with E-state index in [0.29, 0.717) is 119 Å². The molecule has 0 radical (unpaired) electrons. The minimum atomic E-state index is -3.28. The lowest BCUT2D eigenvalue weighted by molar-refractivity contribution is -0.132. The average Bonchev–Trinajstić information content (AvgIpc) is 0.768. The van der Waals surface area contributed by atoms with E-state index in [1.165, 1.54) is 71.2 Å². The van der Waals surface area contributed by atoms with E-state index in [0.717, 1.165) is 68.7 Å². The first kappa shape index (κ1) is 122. The number of ether oxygens (including phenoxy) is 8. The van der Waals surface area contributed by atoms with E-state index in [2.05, 4.69) is 41.5 Å². The fourth-order valence-electron chi connectivity index (χ4n) is 12.8. The highest BCUT2D eigenvalue weighted by Crippen LogP contribution is 2.30. The summed E-state index contributed by atoms with van der Waals surface area (Å²) in [6.07, 6.45) is 3.05. The second-order valence-electron chi connectivity index (χ2n) is 33.2. The van der Waals surface area contributed by atoms with Gasteiger partial charge in [0.05, 0.1) is 44.5 Å². The number of Topliss-reactive ketones (excluding diaryl/α,β-unsaturated/α-hetero) is 10. The largest absolute Gasteiger partial charge is 0.491 e. The molecule has 0 amide bonds. The number of hydrogen-bond donors (Lipinski definition) is 2. The van der Waals surface area contributed by atoms with Gasteiger partial charge >= 0.3 is 17.9 Å². The Morgan fingerprint density at radius 3 is 0.959 bits per heavy atom. The fourth-order valence-corrected chi connectivity index (χ4v) is 14.0. The lowest BCUT2D eigenvalue weighted by Gasteiger charge is -2.08. The van der Waals surface area contributed by atoms with Crippen LogP contribution in [0.1, 0.15) is 233 Å². The molecule has 0 fully saturated rings. The van der Waals surface area contributed by atoms with Gasteiger partial charge in [-0.2, -0.15) is 0 Å². The Hall–Kier alpha value is -16.3. The van der Waals surface area contributed by atoms with Crippen molar-refractivity contribution in [2.24, 2.45) is 0 Å². The van der Waals surface area contributed by atoms with Crippen LogP contribution in [0.4, 0.5) is 11.4 Å². The van der Waals surface area contributed by atoms with Gasteiger partial charge < -0.3 is 37.9 Å². The van der Waals surface area contributed by atoms with Crippen LogP contribution < -0.4 is 33.1 Å². The zero-order valence-corrected chi connectivity index (χ0v) is 87.9. The third-order valence-corrected chi connectivity index (χ3v) is 21.6. The quantitative estimate of drug-likeness (QED) is 0.0130. The minimum Gasteiger partial charge on any atom is -0.491 e. The molecular formula is C119H126N2O25S2. The summed E-state index contributed by atoms with van der Waals surface area (Å²) in [4.78, 5) is 144. The Morgan fingerprint density at radius 1 is 0.264 bits per heavy atom. The summed E-state index contributed by atoms with van der Waals surface area (Å²) in [6, 6.07) is 99.1. The normalized spacial score (nSPS) is 10.2. The maximum absolute atomic E-state index is 11.9. The molecule has 148 heavy (non-hydrogen) atoms. The fraction of sp³-hybridized carbons (Fsp3) is 0.218. The summed E-state index contributed by atoms with van der Waals surface area (Å²) >= 11 is 0. The second-order valence-corrected chi connectivity index (χ2v) is 36.7. The molecule has 0 aliphatic carbocycles. The van der Waals surface area contributed by atoms with Gasteiger partial charge in [0.25, 0.3) is 0 Å². The zero-order chi connectivity index (χ0) is 109. The van der Waals surface area contributed by atoms with Gasteiger partial charge in [-0.1, -0.05) is 184 Å². The Kier molecular flexibility index (Phi) is 53.2. The maximum Gasteiger partial charge on any atom is 0.343 e. The first-order chi connectivity index (χ1) is 70.2. The van der Waals surface area contributed by atoms with Crippen LogP contribution >= 0.6 is 0 Å². The predicted molar refractivity (Wildman–Crippen MR) is 579 cm³/mol. The van der Waals surface area contributed by atoms with Crippen molar-refractivity contribution < 1.29 is 117 Å². The van der Waals surface area contributed by atoms with Crippen molar-refractivity contribution in [2.75, 3.05) is 75.8 Å². The molecule has 0 atom stereocenters. The SMILES string of the molecule is CC(=O)Oc1ccc(C(C)=O)cc1.CC(=O)Oc1cccc(C(C)=O)c1.CC(=O)c1c2ccccc2cc2ccccc12.CC(=O)c1ccc(C(C)C)cc1.CC(=O)c1ccc(Cc2ccccc2)cc1.CC(=O)c1ccc(NS(C)(=O)=O)cc1.CC(=O)c1ccc(OC(=O)c2ccccc2)cc1.CC(=O)c1cccc(NS(C)(=O)=O)c1.COCCOCCOc1ccc(C(C)=O)cc1.COCCOc1ccc(C(C)=O)cc1. The monoisotopic (exact) mass is 2050 g/mol. The number of hydrogen-bond acceptors (Lipinski definition) is 25. The van der Waals surface area contributed by atoms with Crippen LogP contribution in [0.3, 0.4) is 0 Å². The topological polar surface area (TPSA) is 388 Å². The second kappa shape index (κ2) is 64.4. The van der Waals surface area contributed by atoms with Gasteiger partial charge in [0.2, 0.25) is 20.0 Å². The molecule has 0 bridgehead atoms. The van der Waals surface area contributed by atoms with Crippen molar-refractivity contribution in [1.29, 1.82) is 0 Å². The minimum absolute atomic E-state index is 0.00521. The number of rotatable bonds is 32. The molecule has 27 nitrogen and oxygen atoms in total. The van der Waals surface area contributed by atoms with E-state index < -0.39 is 26.0 Å². The van der Waals surface area contributed by atoms with E-state index in [4.69, 9.17) is 37.9 Å². The summed E-state index contributed by atoms with van der Waals surface area (Å²) < 4.78 is 88.6. The van der Waals surface area contributed by atoms with Gasteiger partial charge in [0, 0.05) is 95.1 Å². The third kappa shape index (κ3) is 48.4. The Morgan fingerprint density at radius 2 is 0.574 bits per heavy atom. The molecular weight excluding hydrogens is 1920 g/mol. The molecule has 29 heteroatoms. The van der Waals surface area contributed by atoms with Gasteiger partial charge in [0.15, 0.2) is 57.8 Å². The number of anilines is 2. The van der Waals surface area contributed by atoms with Crippen LogP contribution in [0.5, 0.6) is 28.7 Å². The number of methoxy groups -OCH3 is 2. The molecule has 14 aromatic carbocycles. The third-order valence-electron chi connectivity index (χ3n) is 20.4. The van der Waals surface area contributed by atoms with Crippen molar-refractivity contribution in [3.8, 4) is 28.7 Å². The van der Waals surface area contributed by atoms with Gasteiger partial charge in [-0.15, -0.1) is 0 Å². The van der Waals surface area contributed by atoms with Gasteiger partial charge in [-0.05, 0) is 284 Å². The van der Waals surface area contributed by atoms with E-state index in [1.807, 2.05) is 121 Å². The Labute approximate surface area is 865 Å². The Bertz CT molecular complexity index is 6910. The van der Waals surface area contributed by atoms with E-state index in [1.54, 1.807) is 237 Å². The molecule has 0 aliphatic heterocycles. The lowest BCUT2D eigenvalue weighted by atomic mass is 9.95. The van der Waals surface area contributed by atoms with E-state index in [9.17, 15) is 79.2 Å². The van der Waals surface area contributed by atoms with Crippen LogP contribution in [0.25, 0.3) is 21.5 Å². The average molecular weight is 2050 g/mol. The van der Waals surface area contributed by atoms with E-state index in [-0.39, 0.29) is 69.8 Å². The number of benzene rings is 14. The molecule has 774 valence electrons. The standard InChI is InChI=1S/C16H12O.C15H12O3.C15H14O.C13H18O4.C11H14O3.C11H14O.2C10H10O3.2C9H11NO3S/c1-11(17)16-14-8-4-2-6-12(14)10-13-7-3-5-9-15(13)16;1-11(16)12-7-9-14(10-8-12)18-15(17)13-5-3-2-4-6-13;1-12(16)15-9-7-14(8-10-15)11-13-5-3-2-4-6-13;1-11(14)12-3-5-13(6-4-12)17-10-9-16-8-7-15-2;1-9(12)10-3-5-11(6-4-10)14-8-7-13-2;1-8(2)10-4-6-11(7-5-10)9(3)12;1-7(11)9-3-5-10(6-4-9)13-8(2)12;1-7(11)9-4-3-5-10(6-9)13-8(2)12;1-7(11)8-3-5-9(6-4-8)10-14(2,12)13;1-7(11)8-4-3-5-9(6-8)10-14(2,12)13/h2-10H,1H3;2-10H,1H3;2-10H,11H2,1H3;3-6H,7-10H2,1-2H3;3-6H,7-8H2,1-2H3;4-8H,1-3H3;2*3-6H,1-2H3;2*3-6,10H,1-2H3. The highest BCUT2D eigenvalue weighted by molar-refractivity contribution is 7.92.